The molecule has 1 aliphatic heterocycles. The Labute approximate surface area is 148 Å². The Morgan fingerprint density at radius 2 is 1.96 bits per heavy atom. The number of aryl methyl sites for hydroxylation is 1. The van der Waals surface area contributed by atoms with Crippen molar-refractivity contribution in [3.05, 3.63) is 35.7 Å². The van der Waals surface area contributed by atoms with Crippen LogP contribution in [0.1, 0.15) is 11.5 Å². The van der Waals surface area contributed by atoms with Gasteiger partial charge in [-0.2, -0.15) is 4.98 Å². The topological polar surface area (TPSA) is 74.9 Å². The second-order valence-corrected chi connectivity index (χ2v) is 6.64. The molecule has 0 amide bonds. The monoisotopic (exact) mass is 346 g/mol. The fourth-order valence-corrected chi connectivity index (χ4v) is 2.93. The highest BCUT2D eigenvalue weighted by Gasteiger charge is 2.17. The molecule has 0 saturated carbocycles. The Kier molecular flexibility index (Phi) is 6.14. The van der Waals surface area contributed by atoms with Gasteiger partial charge in [-0.15, -0.1) is 0 Å². The Hall–Kier alpha value is -1.80. The van der Waals surface area contributed by atoms with Gasteiger partial charge in [0.25, 0.3) is 0 Å². The van der Waals surface area contributed by atoms with E-state index in [1.807, 2.05) is 43.1 Å². The van der Waals surface area contributed by atoms with Gasteiger partial charge in [0.1, 0.15) is 0 Å². The first kappa shape index (κ1) is 18.0. The molecule has 1 atom stereocenters. The highest BCUT2D eigenvalue weighted by molar-refractivity contribution is 5.54. The van der Waals surface area contributed by atoms with Crippen molar-refractivity contribution in [3.63, 3.8) is 0 Å². The predicted octanol–water partition coefficient (Wildman–Crippen LogP) is 1.17. The predicted molar refractivity (Wildman–Crippen MR) is 94.1 cm³/mol. The number of aromatic nitrogens is 2. The minimum Gasteiger partial charge on any atom is -0.390 e. The van der Waals surface area contributed by atoms with Crippen LogP contribution >= 0.6 is 0 Å². The summed E-state index contributed by atoms with van der Waals surface area (Å²) in [5, 5.41) is 14.3. The number of nitrogens with zero attached hydrogens (tertiary/aromatic N) is 4. The van der Waals surface area contributed by atoms with Crippen molar-refractivity contribution in [2.45, 2.75) is 19.6 Å². The number of ether oxygens (including phenoxy) is 1. The van der Waals surface area contributed by atoms with Crippen LogP contribution in [0.25, 0.3) is 11.4 Å². The Morgan fingerprint density at radius 3 is 2.68 bits per heavy atom. The van der Waals surface area contributed by atoms with E-state index in [-0.39, 0.29) is 0 Å². The Bertz CT molecular complexity index is 653. The average molecular weight is 346 g/mol. The maximum Gasteiger partial charge on any atom is 0.241 e. The van der Waals surface area contributed by atoms with Crippen LogP contribution in [-0.4, -0.2) is 77.6 Å². The van der Waals surface area contributed by atoms with E-state index in [2.05, 4.69) is 15.0 Å². The number of β-amino-alcohol motifs (C(OH)–C–C–N with tert-alkyl or cyclic N) is 1. The number of rotatable bonds is 7. The molecule has 0 spiro atoms. The summed E-state index contributed by atoms with van der Waals surface area (Å²) in [6.45, 7) is 7.01. The maximum absolute atomic E-state index is 10.3. The number of hydrogen-bond acceptors (Lipinski definition) is 7. The molecule has 2 aromatic rings. The lowest BCUT2D eigenvalue weighted by atomic mass is 10.1. The Morgan fingerprint density at radius 1 is 1.24 bits per heavy atom. The van der Waals surface area contributed by atoms with Gasteiger partial charge in [0.2, 0.25) is 11.7 Å². The summed E-state index contributed by atoms with van der Waals surface area (Å²) in [6.07, 6.45) is -0.414. The first-order valence-electron chi connectivity index (χ1n) is 8.66. The van der Waals surface area contributed by atoms with E-state index in [9.17, 15) is 5.11 Å². The lowest BCUT2D eigenvalue weighted by Gasteiger charge is -2.29. The molecule has 1 saturated heterocycles. The summed E-state index contributed by atoms with van der Waals surface area (Å²) in [4.78, 5) is 8.67. The molecule has 1 aromatic carbocycles. The second kappa shape index (κ2) is 8.53. The minimum atomic E-state index is -0.414. The number of benzene rings is 1. The molecule has 1 aromatic heterocycles. The van der Waals surface area contributed by atoms with Crippen molar-refractivity contribution in [3.8, 4) is 11.4 Å². The molecule has 0 bridgehead atoms. The number of likely N-dealkylation sites (N-methyl/N-ethyl adjacent to an activating group) is 1. The summed E-state index contributed by atoms with van der Waals surface area (Å²) in [6, 6.07) is 8.03. The molecule has 1 unspecified atom stereocenters. The molecule has 3 rings (SSSR count). The molecule has 7 nitrogen and oxygen atoms in total. The molecular weight excluding hydrogens is 320 g/mol. The van der Waals surface area contributed by atoms with Crippen LogP contribution in [0, 0.1) is 6.92 Å². The third kappa shape index (κ3) is 5.34. The number of morpholine rings is 1. The molecule has 0 aliphatic carbocycles. The fraction of sp³-hybridized carbons (Fsp3) is 0.556. The normalized spacial score (nSPS) is 17.1. The molecule has 136 valence electrons. The molecule has 1 N–H and O–H groups in total. The summed E-state index contributed by atoms with van der Waals surface area (Å²) in [7, 11) is 1.94. The van der Waals surface area contributed by atoms with Crippen molar-refractivity contribution in [2.75, 3.05) is 46.4 Å². The molecule has 1 aliphatic rings. The average Bonchev–Trinajstić information content (AvgIpc) is 3.04. The van der Waals surface area contributed by atoms with Crippen LogP contribution in [-0.2, 0) is 11.3 Å². The second-order valence-electron chi connectivity index (χ2n) is 6.64. The highest BCUT2D eigenvalue weighted by atomic mass is 16.5. The van der Waals surface area contributed by atoms with E-state index in [1.54, 1.807) is 0 Å². The molecule has 2 heterocycles. The van der Waals surface area contributed by atoms with E-state index in [0.29, 0.717) is 31.3 Å². The third-order valence-electron chi connectivity index (χ3n) is 4.28. The number of aliphatic hydroxyl groups is 1. The van der Waals surface area contributed by atoms with Gasteiger partial charge in [-0.3, -0.25) is 9.80 Å². The van der Waals surface area contributed by atoms with E-state index in [1.165, 1.54) is 5.56 Å². The largest absolute Gasteiger partial charge is 0.390 e. The maximum atomic E-state index is 10.3. The van der Waals surface area contributed by atoms with Crippen molar-refractivity contribution < 1.29 is 14.4 Å². The van der Waals surface area contributed by atoms with Crippen molar-refractivity contribution >= 4 is 0 Å². The lowest BCUT2D eigenvalue weighted by molar-refractivity contribution is 0.00773. The van der Waals surface area contributed by atoms with Crippen LogP contribution in [0.4, 0.5) is 0 Å². The first-order chi connectivity index (χ1) is 12.1. The third-order valence-corrected chi connectivity index (χ3v) is 4.28. The zero-order chi connectivity index (χ0) is 17.6. The number of hydrogen-bond donors (Lipinski definition) is 1. The van der Waals surface area contributed by atoms with Crippen LogP contribution in [0.15, 0.2) is 28.8 Å². The van der Waals surface area contributed by atoms with Crippen LogP contribution in [0.3, 0.4) is 0 Å². The smallest absolute Gasteiger partial charge is 0.241 e. The van der Waals surface area contributed by atoms with Crippen molar-refractivity contribution in [1.29, 1.82) is 0 Å². The molecule has 7 heteroatoms. The van der Waals surface area contributed by atoms with E-state index >= 15 is 0 Å². The standard InChI is InChI=1S/C18H26N4O3/c1-14-3-5-15(6-4-14)18-19-17(25-20-18)13-21(2)11-16(23)12-22-7-9-24-10-8-22/h3-6,16,23H,7-13H2,1-2H3. The summed E-state index contributed by atoms with van der Waals surface area (Å²) in [5.41, 5.74) is 2.14. The Balaban J connectivity index is 1.49. The molecule has 0 radical (unpaired) electrons. The van der Waals surface area contributed by atoms with E-state index in [0.717, 1.165) is 31.9 Å². The van der Waals surface area contributed by atoms with E-state index in [4.69, 9.17) is 9.26 Å². The summed E-state index contributed by atoms with van der Waals surface area (Å²) >= 11 is 0. The van der Waals surface area contributed by atoms with Gasteiger partial charge in [-0.25, -0.2) is 0 Å². The molecular formula is C18H26N4O3. The lowest BCUT2D eigenvalue weighted by Crippen LogP contribution is -2.43. The van der Waals surface area contributed by atoms with Gasteiger partial charge < -0.3 is 14.4 Å². The minimum absolute atomic E-state index is 0.414. The quantitative estimate of drug-likeness (QED) is 0.806. The van der Waals surface area contributed by atoms with Crippen LogP contribution < -0.4 is 0 Å². The van der Waals surface area contributed by atoms with Crippen LogP contribution in [0.5, 0.6) is 0 Å². The zero-order valence-corrected chi connectivity index (χ0v) is 14.9. The van der Waals surface area contributed by atoms with Gasteiger partial charge in [-0.1, -0.05) is 35.0 Å². The van der Waals surface area contributed by atoms with Crippen LogP contribution in [0.2, 0.25) is 0 Å². The van der Waals surface area contributed by atoms with Gasteiger partial charge in [0.05, 0.1) is 25.9 Å². The first-order valence-corrected chi connectivity index (χ1v) is 8.66. The van der Waals surface area contributed by atoms with Gasteiger partial charge in [-0.05, 0) is 14.0 Å². The molecule has 1 fully saturated rings. The van der Waals surface area contributed by atoms with E-state index < -0.39 is 6.10 Å². The SMILES string of the molecule is Cc1ccc(-c2noc(CN(C)CC(O)CN3CCOCC3)n2)cc1. The number of aliphatic hydroxyl groups excluding tert-OH is 1. The van der Waals surface area contributed by atoms with Gasteiger partial charge >= 0.3 is 0 Å². The highest BCUT2D eigenvalue weighted by Crippen LogP contribution is 2.16. The van der Waals surface area contributed by atoms with Crippen molar-refractivity contribution in [1.82, 2.24) is 19.9 Å². The summed E-state index contributed by atoms with van der Waals surface area (Å²) in [5.74, 6) is 1.15. The summed E-state index contributed by atoms with van der Waals surface area (Å²) < 4.78 is 10.7. The van der Waals surface area contributed by atoms with Gasteiger partial charge in [0.15, 0.2) is 0 Å². The fourth-order valence-electron chi connectivity index (χ4n) is 2.93. The zero-order valence-electron chi connectivity index (χ0n) is 14.9. The van der Waals surface area contributed by atoms with Crippen molar-refractivity contribution in [2.24, 2.45) is 0 Å². The molecule has 25 heavy (non-hydrogen) atoms. The van der Waals surface area contributed by atoms with Gasteiger partial charge in [0, 0.05) is 31.7 Å².